The fraction of sp³-hybridized carbons (Fsp3) is 0.588. The van der Waals surface area contributed by atoms with Gasteiger partial charge >= 0.3 is 0 Å². The molecule has 2 N–H and O–H groups in total. The summed E-state index contributed by atoms with van der Waals surface area (Å²) in [5.41, 5.74) is 9.03. The lowest BCUT2D eigenvalue weighted by atomic mass is 9.94. The molecule has 3 nitrogen and oxygen atoms in total. The summed E-state index contributed by atoms with van der Waals surface area (Å²) in [5.74, 6) is 1.64. The Balaban J connectivity index is 2.16. The highest BCUT2D eigenvalue weighted by molar-refractivity contribution is 7.99. The molecule has 2 unspecified atom stereocenters. The van der Waals surface area contributed by atoms with Gasteiger partial charge in [0.1, 0.15) is 5.82 Å². The van der Waals surface area contributed by atoms with E-state index in [9.17, 15) is 0 Å². The summed E-state index contributed by atoms with van der Waals surface area (Å²) in [7, 11) is 0. The van der Waals surface area contributed by atoms with Crippen LogP contribution in [0, 0.1) is 0 Å². The molecule has 0 aliphatic heterocycles. The van der Waals surface area contributed by atoms with E-state index in [-0.39, 0.29) is 0 Å². The lowest BCUT2D eigenvalue weighted by Gasteiger charge is -2.33. The maximum absolute atomic E-state index is 5.94. The molecule has 0 saturated heterocycles. The summed E-state index contributed by atoms with van der Waals surface area (Å²) in [6, 6.07) is 6.73. The molecular weight excluding hydrogens is 278 g/mol. The molecule has 1 aromatic carbocycles. The third-order valence-electron chi connectivity index (χ3n) is 4.56. The van der Waals surface area contributed by atoms with Gasteiger partial charge in [-0.1, -0.05) is 26.7 Å². The number of hydrogen-bond acceptors (Lipinski definition) is 3. The molecule has 114 valence electrons. The number of benzene rings is 1. The number of thioether (sulfide) groups is 1. The Hall–Kier alpha value is -1.16. The first-order chi connectivity index (χ1) is 10.1. The fourth-order valence-electron chi connectivity index (χ4n) is 3.54. The van der Waals surface area contributed by atoms with Gasteiger partial charge in [-0.05, 0) is 37.3 Å². The number of anilines is 1. The highest BCUT2D eigenvalue weighted by atomic mass is 32.2. The van der Waals surface area contributed by atoms with Crippen LogP contribution in [0.1, 0.15) is 57.3 Å². The van der Waals surface area contributed by atoms with Crippen LogP contribution in [0.4, 0.5) is 5.69 Å². The number of fused-ring (bicyclic) bond motifs is 1. The van der Waals surface area contributed by atoms with Crippen molar-refractivity contribution in [2.75, 3.05) is 12.0 Å². The van der Waals surface area contributed by atoms with Crippen molar-refractivity contribution in [2.45, 2.75) is 56.7 Å². The average Bonchev–Trinajstić information content (AvgIpc) is 2.85. The molecule has 21 heavy (non-hydrogen) atoms. The normalized spacial score (nSPS) is 23.0. The smallest absolute Gasteiger partial charge is 0.112 e. The molecule has 2 aromatic rings. The Morgan fingerprint density at radius 1 is 1.29 bits per heavy atom. The van der Waals surface area contributed by atoms with Gasteiger partial charge in [-0.15, -0.1) is 0 Å². The maximum Gasteiger partial charge on any atom is 0.112 e. The quantitative estimate of drug-likeness (QED) is 0.843. The highest BCUT2D eigenvalue weighted by Gasteiger charge is 2.29. The molecule has 2 atom stereocenters. The van der Waals surface area contributed by atoms with E-state index in [4.69, 9.17) is 10.7 Å². The Labute approximate surface area is 131 Å². The summed E-state index contributed by atoms with van der Waals surface area (Å²) in [5, 5.41) is 0.700. The van der Waals surface area contributed by atoms with E-state index in [2.05, 4.69) is 30.7 Å². The molecule has 1 aliphatic carbocycles. The van der Waals surface area contributed by atoms with Crippen LogP contribution in [0.3, 0.4) is 0 Å². The van der Waals surface area contributed by atoms with Crippen LogP contribution in [0.15, 0.2) is 18.2 Å². The van der Waals surface area contributed by atoms with Gasteiger partial charge in [0.25, 0.3) is 0 Å². The third-order valence-corrected chi connectivity index (χ3v) is 5.71. The van der Waals surface area contributed by atoms with Crippen molar-refractivity contribution in [1.82, 2.24) is 9.55 Å². The van der Waals surface area contributed by atoms with Crippen LogP contribution >= 0.6 is 11.8 Å². The van der Waals surface area contributed by atoms with Gasteiger partial charge in [0.15, 0.2) is 0 Å². The van der Waals surface area contributed by atoms with Gasteiger partial charge in [-0.2, -0.15) is 11.8 Å². The predicted molar refractivity (Wildman–Crippen MR) is 93.0 cm³/mol. The van der Waals surface area contributed by atoms with Crippen LogP contribution in [0.25, 0.3) is 11.0 Å². The van der Waals surface area contributed by atoms with Crippen LogP contribution < -0.4 is 5.73 Å². The van der Waals surface area contributed by atoms with Crippen molar-refractivity contribution in [3.8, 4) is 0 Å². The summed E-state index contributed by atoms with van der Waals surface area (Å²) < 4.78 is 2.51. The fourth-order valence-corrected chi connectivity index (χ4v) is 4.51. The van der Waals surface area contributed by atoms with E-state index in [0.29, 0.717) is 17.2 Å². The van der Waals surface area contributed by atoms with Crippen molar-refractivity contribution in [1.29, 1.82) is 0 Å². The molecule has 0 radical (unpaired) electrons. The zero-order valence-corrected chi connectivity index (χ0v) is 14.0. The van der Waals surface area contributed by atoms with Gasteiger partial charge in [0.05, 0.1) is 11.0 Å². The van der Waals surface area contributed by atoms with Crippen LogP contribution in [0.2, 0.25) is 0 Å². The first-order valence-electron chi connectivity index (χ1n) is 7.92. The first-order valence-corrected chi connectivity index (χ1v) is 9.20. The second-order valence-corrected chi connectivity index (χ2v) is 7.45. The van der Waals surface area contributed by atoms with E-state index < -0.39 is 0 Å². The Morgan fingerprint density at radius 2 is 2.05 bits per heavy atom. The Bertz CT molecular complexity index is 632. The maximum atomic E-state index is 5.94. The molecule has 1 saturated carbocycles. The number of nitrogens with two attached hydrogens (primary N) is 1. The number of hydrogen-bond donors (Lipinski definition) is 1. The topological polar surface area (TPSA) is 43.8 Å². The molecule has 0 amide bonds. The SMILES string of the molecule is CSC1CCCCC1n1c(C(C)C)nc2cc(N)ccc21. The van der Waals surface area contributed by atoms with Crippen LogP contribution in [-0.2, 0) is 0 Å². The second-order valence-electron chi connectivity index (χ2n) is 6.37. The van der Waals surface area contributed by atoms with Crippen molar-refractivity contribution in [3.63, 3.8) is 0 Å². The molecule has 0 spiro atoms. The average molecular weight is 303 g/mol. The van der Waals surface area contributed by atoms with E-state index in [1.807, 2.05) is 23.9 Å². The summed E-state index contributed by atoms with van der Waals surface area (Å²) >= 11 is 2.01. The molecule has 1 aromatic heterocycles. The summed E-state index contributed by atoms with van der Waals surface area (Å²) in [6.07, 6.45) is 7.51. The summed E-state index contributed by atoms with van der Waals surface area (Å²) in [4.78, 5) is 4.89. The van der Waals surface area contributed by atoms with Gasteiger partial charge in [0.2, 0.25) is 0 Å². The largest absolute Gasteiger partial charge is 0.399 e. The van der Waals surface area contributed by atoms with Crippen molar-refractivity contribution in [3.05, 3.63) is 24.0 Å². The third kappa shape index (κ3) is 2.66. The molecule has 4 heteroatoms. The second kappa shape index (κ2) is 5.91. The number of nitrogens with zero attached hydrogens (tertiary/aromatic N) is 2. The summed E-state index contributed by atoms with van der Waals surface area (Å²) in [6.45, 7) is 4.47. The van der Waals surface area contributed by atoms with Crippen LogP contribution in [-0.4, -0.2) is 21.1 Å². The van der Waals surface area contributed by atoms with Crippen molar-refractivity contribution >= 4 is 28.5 Å². The number of rotatable bonds is 3. The zero-order chi connectivity index (χ0) is 15.0. The van der Waals surface area contributed by atoms with Gasteiger partial charge in [-0.25, -0.2) is 4.98 Å². The Morgan fingerprint density at radius 3 is 2.76 bits per heavy atom. The monoisotopic (exact) mass is 303 g/mol. The minimum absolute atomic E-state index is 0.433. The highest BCUT2D eigenvalue weighted by Crippen LogP contribution is 2.39. The lowest BCUT2D eigenvalue weighted by molar-refractivity contribution is 0.360. The van der Waals surface area contributed by atoms with Crippen LogP contribution in [0.5, 0.6) is 0 Å². The number of imidazole rings is 1. The molecule has 1 fully saturated rings. The van der Waals surface area contributed by atoms with E-state index >= 15 is 0 Å². The predicted octanol–water partition coefficient (Wildman–Crippen LogP) is 4.59. The Kier molecular flexibility index (Phi) is 4.16. The molecule has 3 rings (SSSR count). The number of nitrogen functional groups attached to an aromatic ring is 1. The van der Waals surface area contributed by atoms with Gasteiger partial charge in [-0.3, -0.25) is 0 Å². The standard InChI is InChI=1S/C17H25N3S/c1-11(2)17-19-13-10-12(18)8-9-14(13)20(17)15-6-4-5-7-16(15)21-3/h8-11,15-16H,4-7,18H2,1-3H3. The minimum atomic E-state index is 0.433. The van der Waals surface area contributed by atoms with Gasteiger partial charge < -0.3 is 10.3 Å². The minimum Gasteiger partial charge on any atom is -0.399 e. The van der Waals surface area contributed by atoms with Crippen molar-refractivity contribution in [2.24, 2.45) is 0 Å². The van der Waals surface area contributed by atoms with Gasteiger partial charge in [0, 0.05) is 22.9 Å². The zero-order valence-electron chi connectivity index (χ0n) is 13.2. The molecule has 1 heterocycles. The molecule has 1 aliphatic rings. The lowest BCUT2D eigenvalue weighted by Crippen LogP contribution is -2.27. The van der Waals surface area contributed by atoms with E-state index in [1.54, 1.807) is 0 Å². The molecular formula is C17H25N3S. The first kappa shape index (κ1) is 14.8. The number of aromatic nitrogens is 2. The van der Waals surface area contributed by atoms with E-state index in [0.717, 1.165) is 11.2 Å². The molecule has 0 bridgehead atoms. The van der Waals surface area contributed by atoms with E-state index in [1.165, 1.54) is 37.0 Å². The van der Waals surface area contributed by atoms with Crippen molar-refractivity contribution < 1.29 is 0 Å².